The van der Waals surface area contributed by atoms with E-state index in [-0.39, 0.29) is 30.6 Å². The number of hydrogen-bond donors (Lipinski definition) is 2. The van der Waals surface area contributed by atoms with Crippen LogP contribution < -0.4 is 5.32 Å². The number of hydrogen-bond acceptors (Lipinski definition) is 6. The summed E-state index contributed by atoms with van der Waals surface area (Å²) >= 11 is 0. The smallest absolute Gasteiger partial charge is 0.269 e. The first-order chi connectivity index (χ1) is 10.3. The molecule has 118 valence electrons. The Morgan fingerprint density at radius 3 is 2.86 bits per heavy atom. The Kier molecular flexibility index (Phi) is 3.11. The van der Waals surface area contributed by atoms with Gasteiger partial charge in [0.15, 0.2) is 0 Å². The Morgan fingerprint density at radius 1 is 1.50 bits per heavy atom. The SMILES string of the molecule is CN1C(=N)N[C@@]2(COCc3ccc([N+](=O)[O-])cc32)CS1(=O)=O. The third-order valence-electron chi connectivity index (χ3n) is 3.94. The summed E-state index contributed by atoms with van der Waals surface area (Å²) in [5.74, 6) is -0.609. The molecule has 1 spiro atoms. The van der Waals surface area contributed by atoms with Crippen LogP contribution in [-0.4, -0.2) is 43.0 Å². The van der Waals surface area contributed by atoms with Crippen LogP contribution in [0, 0.1) is 15.5 Å². The van der Waals surface area contributed by atoms with Crippen molar-refractivity contribution >= 4 is 21.7 Å². The summed E-state index contributed by atoms with van der Waals surface area (Å²) in [6.45, 7) is 0.274. The molecule has 2 N–H and O–H groups in total. The number of sulfonamides is 1. The number of ether oxygens (including phenoxy) is 1. The van der Waals surface area contributed by atoms with E-state index < -0.39 is 20.5 Å². The molecule has 0 saturated carbocycles. The molecule has 3 rings (SSSR count). The van der Waals surface area contributed by atoms with E-state index in [2.05, 4.69) is 5.32 Å². The number of rotatable bonds is 1. The van der Waals surface area contributed by atoms with Crippen molar-refractivity contribution in [3.8, 4) is 0 Å². The van der Waals surface area contributed by atoms with Gasteiger partial charge in [-0.25, -0.2) is 12.7 Å². The zero-order valence-electron chi connectivity index (χ0n) is 11.7. The predicted molar refractivity (Wildman–Crippen MR) is 76.8 cm³/mol. The highest BCUT2D eigenvalue weighted by Crippen LogP contribution is 2.36. The predicted octanol–water partition coefficient (Wildman–Crippen LogP) is 0.120. The molecule has 1 aromatic rings. The molecule has 2 aliphatic rings. The number of non-ortho nitro benzene ring substituents is 1. The standard InChI is InChI=1S/C12H14N4O5S/c1-15-11(13)14-12(7-22(15,19)20)6-21-5-8-2-3-9(16(17)18)4-10(8)12/h2-4H,5-7H2,1H3,(H2,13,14)/t12-/m0/s1. The van der Waals surface area contributed by atoms with Crippen molar-refractivity contribution in [2.24, 2.45) is 0 Å². The molecule has 22 heavy (non-hydrogen) atoms. The zero-order valence-corrected chi connectivity index (χ0v) is 12.5. The van der Waals surface area contributed by atoms with Gasteiger partial charge in [-0.1, -0.05) is 0 Å². The molecule has 1 atom stereocenters. The molecule has 0 aliphatic carbocycles. The number of nitrogens with zero attached hydrogens (tertiary/aromatic N) is 2. The molecule has 0 bridgehead atoms. The van der Waals surface area contributed by atoms with E-state index in [9.17, 15) is 18.5 Å². The minimum absolute atomic E-state index is 0.0244. The monoisotopic (exact) mass is 326 g/mol. The van der Waals surface area contributed by atoms with Crippen molar-refractivity contribution in [1.82, 2.24) is 9.62 Å². The van der Waals surface area contributed by atoms with Crippen molar-refractivity contribution in [3.05, 3.63) is 39.4 Å². The Hall–Kier alpha value is -2.20. The maximum atomic E-state index is 12.2. The number of nitro groups is 1. The molecule has 0 radical (unpaired) electrons. The van der Waals surface area contributed by atoms with E-state index in [1.165, 1.54) is 19.2 Å². The minimum Gasteiger partial charge on any atom is -0.374 e. The molecular formula is C12H14N4O5S. The van der Waals surface area contributed by atoms with E-state index in [0.717, 1.165) is 4.31 Å². The zero-order chi connectivity index (χ0) is 16.1. The topological polar surface area (TPSA) is 126 Å². The fraction of sp³-hybridized carbons (Fsp3) is 0.417. The molecule has 0 amide bonds. The van der Waals surface area contributed by atoms with Crippen LogP contribution in [0.5, 0.6) is 0 Å². The van der Waals surface area contributed by atoms with Gasteiger partial charge < -0.3 is 10.1 Å². The summed E-state index contributed by atoms with van der Waals surface area (Å²) in [5.41, 5.74) is -0.127. The van der Waals surface area contributed by atoms with Gasteiger partial charge in [0.2, 0.25) is 16.0 Å². The highest BCUT2D eigenvalue weighted by Gasteiger charge is 2.48. The molecule has 1 aromatic carbocycles. The lowest BCUT2D eigenvalue weighted by molar-refractivity contribution is -0.385. The van der Waals surface area contributed by atoms with E-state index >= 15 is 0 Å². The van der Waals surface area contributed by atoms with Crippen molar-refractivity contribution < 1.29 is 18.1 Å². The summed E-state index contributed by atoms with van der Waals surface area (Å²) in [6.07, 6.45) is 0. The number of nitrogens with one attached hydrogen (secondary N) is 2. The molecule has 1 fully saturated rings. The molecule has 0 unspecified atom stereocenters. The van der Waals surface area contributed by atoms with Crippen LogP contribution >= 0.6 is 0 Å². The number of benzene rings is 1. The Labute approximate surface area is 126 Å². The molecular weight excluding hydrogens is 312 g/mol. The lowest BCUT2D eigenvalue weighted by atomic mass is 9.86. The van der Waals surface area contributed by atoms with Gasteiger partial charge in [-0.3, -0.25) is 15.5 Å². The molecule has 9 nitrogen and oxygen atoms in total. The largest absolute Gasteiger partial charge is 0.374 e. The summed E-state index contributed by atoms with van der Waals surface area (Å²) in [7, 11) is -2.41. The van der Waals surface area contributed by atoms with Crippen molar-refractivity contribution in [1.29, 1.82) is 5.41 Å². The summed E-state index contributed by atoms with van der Waals surface area (Å²) in [4.78, 5) is 10.5. The van der Waals surface area contributed by atoms with Crippen molar-refractivity contribution in [3.63, 3.8) is 0 Å². The lowest BCUT2D eigenvalue weighted by Crippen LogP contribution is -2.65. The van der Waals surface area contributed by atoms with Gasteiger partial charge >= 0.3 is 0 Å². The highest BCUT2D eigenvalue weighted by molar-refractivity contribution is 7.89. The Morgan fingerprint density at radius 2 is 2.23 bits per heavy atom. The Bertz CT molecular complexity index is 778. The second-order valence-corrected chi connectivity index (χ2v) is 7.37. The van der Waals surface area contributed by atoms with Gasteiger partial charge in [0.25, 0.3) is 5.69 Å². The van der Waals surface area contributed by atoms with Crippen molar-refractivity contribution in [2.45, 2.75) is 12.1 Å². The number of nitro benzene ring substituents is 1. The summed E-state index contributed by atoms with van der Waals surface area (Å²) < 4.78 is 30.8. The van der Waals surface area contributed by atoms with Gasteiger partial charge in [0.05, 0.1) is 23.9 Å². The van der Waals surface area contributed by atoms with Crippen LogP contribution in [0.2, 0.25) is 0 Å². The van der Waals surface area contributed by atoms with Gasteiger partial charge in [-0.05, 0) is 17.2 Å². The molecule has 1 saturated heterocycles. The first kappa shape index (κ1) is 14.7. The van der Waals surface area contributed by atoms with Crippen LogP contribution in [0.3, 0.4) is 0 Å². The van der Waals surface area contributed by atoms with Gasteiger partial charge in [-0.15, -0.1) is 0 Å². The third kappa shape index (κ3) is 2.11. The minimum atomic E-state index is -3.70. The lowest BCUT2D eigenvalue weighted by Gasteiger charge is -2.44. The van der Waals surface area contributed by atoms with E-state index in [0.29, 0.717) is 11.1 Å². The maximum absolute atomic E-state index is 12.2. The van der Waals surface area contributed by atoms with E-state index in [4.69, 9.17) is 10.1 Å². The van der Waals surface area contributed by atoms with Crippen LogP contribution in [0.25, 0.3) is 0 Å². The second kappa shape index (κ2) is 4.65. The molecule has 2 heterocycles. The van der Waals surface area contributed by atoms with E-state index in [1.807, 2.05) is 0 Å². The van der Waals surface area contributed by atoms with E-state index in [1.54, 1.807) is 6.07 Å². The molecule has 0 aromatic heterocycles. The Balaban J connectivity index is 2.16. The van der Waals surface area contributed by atoms with Crippen LogP contribution in [-0.2, 0) is 26.9 Å². The van der Waals surface area contributed by atoms with Crippen LogP contribution in [0.4, 0.5) is 5.69 Å². The normalized spacial score (nSPS) is 26.4. The fourth-order valence-corrected chi connectivity index (χ4v) is 4.23. The second-order valence-electron chi connectivity index (χ2n) is 5.37. The van der Waals surface area contributed by atoms with Crippen LogP contribution in [0.15, 0.2) is 18.2 Å². The summed E-state index contributed by atoms with van der Waals surface area (Å²) in [5, 5.41) is 21.7. The average molecular weight is 326 g/mol. The molecule has 10 heteroatoms. The molecule has 2 aliphatic heterocycles. The van der Waals surface area contributed by atoms with Crippen molar-refractivity contribution in [2.75, 3.05) is 19.4 Å². The van der Waals surface area contributed by atoms with Crippen LogP contribution in [0.1, 0.15) is 11.1 Å². The maximum Gasteiger partial charge on any atom is 0.269 e. The number of fused-ring (bicyclic) bond motifs is 2. The quantitative estimate of drug-likeness (QED) is 0.557. The first-order valence-corrected chi connectivity index (χ1v) is 8.05. The van der Waals surface area contributed by atoms with Gasteiger partial charge in [0.1, 0.15) is 5.54 Å². The highest BCUT2D eigenvalue weighted by atomic mass is 32.2. The van der Waals surface area contributed by atoms with Gasteiger partial charge in [-0.2, -0.15) is 0 Å². The van der Waals surface area contributed by atoms with Gasteiger partial charge in [0, 0.05) is 19.2 Å². The fourth-order valence-electron chi connectivity index (χ4n) is 2.77. The summed E-state index contributed by atoms with van der Waals surface area (Å²) in [6, 6.07) is 4.28. The first-order valence-electron chi connectivity index (χ1n) is 6.44. The number of guanidine groups is 1. The third-order valence-corrected chi connectivity index (χ3v) is 5.82. The average Bonchev–Trinajstić information content (AvgIpc) is 2.44.